The number of pyridine rings is 1. The molecule has 0 atom stereocenters. The van der Waals surface area contributed by atoms with Gasteiger partial charge in [-0.3, -0.25) is 15.1 Å². The summed E-state index contributed by atoms with van der Waals surface area (Å²) in [6, 6.07) is 8.92. The molecule has 7 nitrogen and oxygen atoms in total. The first-order chi connectivity index (χ1) is 11.1. The van der Waals surface area contributed by atoms with Gasteiger partial charge in [0.05, 0.1) is 11.0 Å². The maximum atomic E-state index is 11.3. The minimum atomic E-state index is -0.385. The third-order valence-corrected chi connectivity index (χ3v) is 3.69. The van der Waals surface area contributed by atoms with E-state index < -0.39 is 0 Å². The summed E-state index contributed by atoms with van der Waals surface area (Å²) in [6.45, 7) is 1.31. The van der Waals surface area contributed by atoms with Crippen LogP contribution in [0.15, 0.2) is 36.5 Å². The van der Waals surface area contributed by atoms with Gasteiger partial charge in [0, 0.05) is 37.0 Å². The lowest BCUT2D eigenvalue weighted by molar-refractivity contribution is -0.385. The molecule has 0 unspecified atom stereocenters. The Morgan fingerprint density at radius 2 is 2.09 bits per heavy atom. The maximum absolute atomic E-state index is 11.3. The molecule has 1 aromatic carbocycles. The second-order valence-corrected chi connectivity index (χ2v) is 5.40. The normalized spacial score (nSPS) is 12.6. The zero-order chi connectivity index (χ0) is 16.2. The highest BCUT2D eigenvalue weighted by Crippen LogP contribution is 2.38. The molecule has 2 aromatic rings. The topological polar surface area (TPSA) is 77.7 Å². The first kappa shape index (κ1) is 15.2. The van der Waals surface area contributed by atoms with E-state index in [1.54, 1.807) is 12.3 Å². The predicted molar refractivity (Wildman–Crippen MR) is 83.5 cm³/mol. The summed E-state index contributed by atoms with van der Waals surface area (Å²) < 4.78 is 10.5. The Morgan fingerprint density at radius 1 is 1.30 bits per heavy atom. The number of likely N-dealkylation sites (N-methyl/N-ethyl adjacent to an activating group) is 1. The number of benzene rings is 1. The molecule has 0 amide bonds. The molecule has 0 N–H and O–H groups in total. The molecule has 0 saturated carbocycles. The summed E-state index contributed by atoms with van der Waals surface area (Å²) in [6.07, 6.45) is 2.55. The van der Waals surface area contributed by atoms with Crippen LogP contribution in [0.4, 0.5) is 5.69 Å². The molecule has 0 fully saturated rings. The summed E-state index contributed by atoms with van der Waals surface area (Å²) in [7, 11) is 1.93. The van der Waals surface area contributed by atoms with Crippen molar-refractivity contribution in [3.05, 3.63) is 57.9 Å². The van der Waals surface area contributed by atoms with Crippen molar-refractivity contribution in [1.29, 1.82) is 0 Å². The minimum Gasteiger partial charge on any atom is -0.454 e. The van der Waals surface area contributed by atoms with Crippen LogP contribution in [0.3, 0.4) is 0 Å². The quantitative estimate of drug-likeness (QED) is 0.601. The summed E-state index contributed by atoms with van der Waals surface area (Å²) in [5.41, 5.74) is 1.67. The summed E-state index contributed by atoms with van der Waals surface area (Å²) in [4.78, 5) is 17.2. The number of hydrogen-bond donors (Lipinski definition) is 0. The number of ether oxygens (including phenoxy) is 2. The van der Waals surface area contributed by atoms with Crippen molar-refractivity contribution in [2.24, 2.45) is 0 Å². The highest BCUT2D eigenvalue weighted by molar-refractivity contribution is 5.55. The average Bonchev–Trinajstić information content (AvgIpc) is 3.00. The van der Waals surface area contributed by atoms with Gasteiger partial charge < -0.3 is 14.4 Å². The van der Waals surface area contributed by atoms with Crippen molar-refractivity contribution in [2.75, 3.05) is 20.4 Å². The van der Waals surface area contributed by atoms with Gasteiger partial charge in [-0.05, 0) is 25.2 Å². The molecule has 3 rings (SSSR count). The molecule has 0 aliphatic carbocycles. The molecule has 0 saturated heterocycles. The minimum absolute atomic E-state index is 0.0546. The van der Waals surface area contributed by atoms with Gasteiger partial charge in [-0.25, -0.2) is 0 Å². The molecule has 2 heterocycles. The molecule has 1 aromatic heterocycles. The third-order valence-electron chi connectivity index (χ3n) is 3.69. The number of nitro groups is 1. The highest BCUT2D eigenvalue weighted by Gasteiger charge is 2.23. The zero-order valence-electron chi connectivity index (χ0n) is 12.8. The van der Waals surface area contributed by atoms with E-state index in [1.165, 1.54) is 6.07 Å². The standard InChI is InChI=1S/C16H17N3O4/c1-18(7-5-13-4-2-3-6-17-13)10-12-8-15-16(23-11-22-15)9-14(12)19(20)21/h2-4,6,8-9H,5,7,10-11H2,1H3. The van der Waals surface area contributed by atoms with E-state index >= 15 is 0 Å². The van der Waals surface area contributed by atoms with E-state index in [0.717, 1.165) is 18.7 Å². The molecule has 0 radical (unpaired) electrons. The van der Waals surface area contributed by atoms with Gasteiger partial charge in [-0.2, -0.15) is 0 Å². The molecule has 0 bridgehead atoms. The van der Waals surface area contributed by atoms with Crippen LogP contribution in [0.1, 0.15) is 11.3 Å². The number of rotatable bonds is 6. The van der Waals surface area contributed by atoms with Gasteiger partial charge in [-0.15, -0.1) is 0 Å². The first-order valence-corrected chi connectivity index (χ1v) is 7.29. The Balaban J connectivity index is 1.70. The van der Waals surface area contributed by atoms with Crippen LogP contribution in [0.25, 0.3) is 0 Å². The van der Waals surface area contributed by atoms with Crippen LogP contribution in [0.2, 0.25) is 0 Å². The van der Waals surface area contributed by atoms with Gasteiger partial charge in [0.1, 0.15) is 0 Å². The number of nitrogens with zero attached hydrogens (tertiary/aromatic N) is 3. The average molecular weight is 315 g/mol. The van der Waals surface area contributed by atoms with E-state index in [1.807, 2.05) is 30.1 Å². The van der Waals surface area contributed by atoms with Crippen LogP contribution < -0.4 is 9.47 Å². The Kier molecular flexibility index (Phi) is 4.38. The smallest absolute Gasteiger partial charge is 0.277 e. The molecule has 23 heavy (non-hydrogen) atoms. The Hall–Kier alpha value is -2.67. The number of fused-ring (bicyclic) bond motifs is 1. The molecule has 1 aliphatic rings. The van der Waals surface area contributed by atoms with Gasteiger partial charge in [-0.1, -0.05) is 6.07 Å². The van der Waals surface area contributed by atoms with E-state index in [-0.39, 0.29) is 17.4 Å². The fourth-order valence-electron chi connectivity index (χ4n) is 2.49. The van der Waals surface area contributed by atoms with Crippen LogP contribution in [-0.4, -0.2) is 35.2 Å². The fraction of sp³-hybridized carbons (Fsp3) is 0.312. The second-order valence-electron chi connectivity index (χ2n) is 5.40. The predicted octanol–water partition coefficient (Wildman–Crippen LogP) is 2.39. The lowest BCUT2D eigenvalue weighted by Crippen LogP contribution is -2.21. The zero-order valence-corrected chi connectivity index (χ0v) is 12.8. The number of hydrogen-bond acceptors (Lipinski definition) is 6. The molecule has 7 heteroatoms. The van der Waals surface area contributed by atoms with E-state index in [4.69, 9.17) is 9.47 Å². The lowest BCUT2D eigenvalue weighted by Gasteiger charge is -2.16. The Morgan fingerprint density at radius 3 is 2.78 bits per heavy atom. The van der Waals surface area contributed by atoms with E-state index in [2.05, 4.69) is 4.98 Å². The summed E-state index contributed by atoms with van der Waals surface area (Å²) in [5.74, 6) is 0.986. The molecule has 0 spiro atoms. The maximum Gasteiger partial charge on any atom is 0.277 e. The third kappa shape index (κ3) is 3.57. The van der Waals surface area contributed by atoms with Crippen LogP contribution in [0, 0.1) is 10.1 Å². The van der Waals surface area contributed by atoms with E-state index in [9.17, 15) is 10.1 Å². The van der Waals surface area contributed by atoms with Crippen LogP contribution >= 0.6 is 0 Å². The van der Waals surface area contributed by atoms with Crippen molar-refractivity contribution in [1.82, 2.24) is 9.88 Å². The second kappa shape index (κ2) is 6.62. The van der Waals surface area contributed by atoms with Crippen molar-refractivity contribution in [2.45, 2.75) is 13.0 Å². The van der Waals surface area contributed by atoms with Crippen molar-refractivity contribution in [3.8, 4) is 11.5 Å². The number of nitro benzene ring substituents is 1. The largest absolute Gasteiger partial charge is 0.454 e. The summed E-state index contributed by atoms with van der Waals surface area (Å²) in [5, 5.41) is 11.3. The fourth-order valence-corrected chi connectivity index (χ4v) is 2.49. The molecular formula is C16H17N3O4. The van der Waals surface area contributed by atoms with Crippen LogP contribution in [0.5, 0.6) is 11.5 Å². The van der Waals surface area contributed by atoms with Gasteiger partial charge in [0.25, 0.3) is 5.69 Å². The molecular weight excluding hydrogens is 298 g/mol. The van der Waals surface area contributed by atoms with E-state index in [0.29, 0.717) is 23.6 Å². The SMILES string of the molecule is CN(CCc1ccccn1)Cc1cc2c(cc1[N+](=O)[O-])OCO2. The Bertz CT molecular complexity index is 706. The van der Waals surface area contributed by atoms with Gasteiger partial charge in [0.15, 0.2) is 11.5 Å². The summed E-state index contributed by atoms with van der Waals surface area (Å²) >= 11 is 0. The molecule has 120 valence electrons. The monoisotopic (exact) mass is 315 g/mol. The molecule has 1 aliphatic heterocycles. The number of aromatic nitrogens is 1. The highest BCUT2D eigenvalue weighted by atomic mass is 16.7. The lowest BCUT2D eigenvalue weighted by atomic mass is 10.1. The Labute approximate surface area is 133 Å². The van der Waals surface area contributed by atoms with Gasteiger partial charge in [0.2, 0.25) is 6.79 Å². The van der Waals surface area contributed by atoms with Crippen molar-refractivity contribution >= 4 is 5.69 Å². The van der Waals surface area contributed by atoms with Crippen molar-refractivity contribution in [3.63, 3.8) is 0 Å². The van der Waals surface area contributed by atoms with Crippen LogP contribution in [-0.2, 0) is 13.0 Å². The van der Waals surface area contributed by atoms with Gasteiger partial charge >= 0.3 is 0 Å². The first-order valence-electron chi connectivity index (χ1n) is 7.29. The van der Waals surface area contributed by atoms with Crippen molar-refractivity contribution < 1.29 is 14.4 Å².